The molecule has 0 aliphatic carbocycles. The van der Waals surface area contributed by atoms with E-state index in [1.807, 2.05) is 16.5 Å². The minimum Gasteiger partial charge on any atom is -0.379 e. The third kappa shape index (κ3) is 4.80. The third-order valence-corrected chi connectivity index (χ3v) is 6.68. The van der Waals surface area contributed by atoms with Crippen LogP contribution in [0.25, 0.3) is 11.0 Å². The largest absolute Gasteiger partial charge is 0.379 e. The van der Waals surface area contributed by atoms with Gasteiger partial charge in [-0.25, -0.2) is 9.99 Å². The first-order chi connectivity index (χ1) is 14.8. The lowest BCUT2D eigenvalue weighted by Crippen LogP contribution is -2.50. The van der Waals surface area contributed by atoms with Gasteiger partial charge in [0.05, 0.1) is 34.3 Å². The van der Waals surface area contributed by atoms with Gasteiger partial charge in [0.2, 0.25) is 0 Å². The number of hydrazine groups is 1. The van der Waals surface area contributed by atoms with E-state index in [0.29, 0.717) is 69.7 Å². The van der Waals surface area contributed by atoms with Gasteiger partial charge in [-0.3, -0.25) is 10.2 Å². The van der Waals surface area contributed by atoms with Crippen LogP contribution in [0.15, 0.2) is 30.3 Å². The van der Waals surface area contributed by atoms with Crippen molar-refractivity contribution in [1.82, 2.24) is 20.0 Å². The molecule has 1 fully saturated rings. The first kappa shape index (κ1) is 22.6. The second kappa shape index (κ2) is 9.53. The number of aromatic nitrogens is 2. The molecule has 2 heterocycles. The van der Waals surface area contributed by atoms with Crippen LogP contribution >= 0.6 is 46.4 Å². The summed E-state index contributed by atoms with van der Waals surface area (Å²) in [7, 11) is 0. The maximum absolute atomic E-state index is 13.1. The number of ether oxygens (including phenoxy) is 1. The highest BCUT2D eigenvalue weighted by Gasteiger charge is 2.25. The van der Waals surface area contributed by atoms with Crippen LogP contribution < -0.4 is 5.43 Å². The zero-order valence-corrected chi connectivity index (χ0v) is 19.7. The van der Waals surface area contributed by atoms with E-state index in [0.717, 1.165) is 5.56 Å². The molecule has 1 saturated heterocycles. The number of rotatable bonds is 5. The van der Waals surface area contributed by atoms with Crippen molar-refractivity contribution < 1.29 is 9.53 Å². The molecule has 1 aliphatic rings. The Morgan fingerprint density at radius 3 is 2.42 bits per heavy atom. The molecule has 1 amide bonds. The van der Waals surface area contributed by atoms with Crippen molar-refractivity contribution >= 4 is 63.3 Å². The van der Waals surface area contributed by atoms with E-state index in [2.05, 4.69) is 5.43 Å². The average molecular weight is 502 g/mol. The molecule has 31 heavy (non-hydrogen) atoms. The molecule has 3 aromatic rings. The number of hydrogen-bond acceptors (Lipinski definition) is 4. The van der Waals surface area contributed by atoms with Crippen LogP contribution in [0.3, 0.4) is 0 Å². The molecule has 10 heteroatoms. The Hall–Kier alpha value is -1.54. The zero-order valence-electron chi connectivity index (χ0n) is 16.7. The van der Waals surface area contributed by atoms with Crippen LogP contribution in [0.1, 0.15) is 24.4 Å². The number of nitrogens with one attached hydrogen (secondary N) is 1. The number of fused-ring (bicyclic) bond motifs is 1. The van der Waals surface area contributed by atoms with Gasteiger partial charge in [-0.05, 0) is 36.8 Å². The Morgan fingerprint density at radius 1 is 1.10 bits per heavy atom. The minimum atomic E-state index is -0.568. The fourth-order valence-electron chi connectivity index (χ4n) is 3.60. The van der Waals surface area contributed by atoms with Crippen LogP contribution in [0.5, 0.6) is 0 Å². The van der Waals surface area contributed by atoms with E-state index in [1.165, 1.54) is 0 Å². The number of nitrogens with zero attached hydrogens (tertiary/aromatic N) is 3. The number of carbonyl (C=O) groups excluding carboxylic acids is 1. The highest BCUT2D eigenvalue weighted by molar-refractivity contribution is 6.42. The third-order valence-electron chi connectivity index (χ3n) is 5.25. The zero-order chi connectivity index (χ0) is 22.1. The summed E-state index contributed by atoms with van der Waals surface area (Å²) in [6.45, 7) is 4.23. The lowest BCUT2D eigenvalue weighted by Gasteiger charge is -2.29. The molecule has 0 saturated carbocycles. The summed E-state index contributed by atoms with van der Waals surface area (Å²) in [5, 5.41) is 3.71. The number of amides is 1. The number of hydrogen-bond donors (Lipinski definition) is 1. The summed E-state index contributed by atoms with van der Waals surface area (Å²) in [6, 6.07) is 8.19. The molecule has 2 aromatic carbocycles. The fraction of sp³-hybridized carbons (Fsp3) is 0.333. The van der Waals surface area contributed by atoms with Crippen LogP contribution in [0, 0.1) is 0 Å². The number of benzene rings is 2. The van der Waals surface area contributed by atoms with E-state index in [1.54, 1.807) is 30.3 Å². The van der Waals surface area contributed by atoms with Crippen LogP contribution in [0.4, 0.5) is 0 Å². The van der Waals surface area contributed by atoms with Crippen molar-refractivity contribution in [2.24, 2.45) is 0 Å². The Balaban J connectivity index is 1.75. The molecule has 0 radical (unpaired) electrons. The van der Waals surface area contributed by atoms with Gasteiger partial charge in [-0.1, -0.05) is 52.5 Å². The van der Waals surface area contributed by atoms with Crippen molar-refractivity contribution in [3.8, 4) is 0 Å². The van der Waals surface area contributed by atoms with Gasteiger partial charge >= 0.3 is 0 Å². The van der Waals surface area contributed by atoms with Gasteiger partial charge in [-0.15, -0.1) is 0 Å². The maximum Gasteiger partial charge on any atom is 0.257 e. The predicted molar refractivity (Wildman–Crippen MR) is 124 cm³/mol. The van der Waals surface area contributed by atoms with Crippen molar-refractivity contribution in [3.05, 3.63) is 61.8 Å². The molecule has 164 valence electrons. The predicted octanol–water partition coefficient (Wildman–Crippen LogP) is 5.17. The van der Waals surface area contributed by atoms with Gasteiger partial charge in [0.25, 0.3) is 5.91 Å². The quantitative estimate of drug-likeness (QED) is 0.524. The molecular weight excluding hydrogens is 482 g/mol. The number of morpholine rings is 1. The molecule has 1 N–H and O–H groups in total. The second-order valence-corrected chi connectivity index (χ2v) is 8.91. The van der Waals surface area contributed by atoms with Crippen molar-refractivity contribution in [1.29, 1.82) is 0 Å². The van der Waals surface area contributed by atoms with Crippen molar-refractivity contribution in [2.75, 3.05) is 26.3 Å². The molecule has 0 spiro atoms. The van der Waals surface area contributed by atoms with E-state index in [9.17, 15) is 4.79 Å². The lowest BCUT2D eigenvalue weighted by molar-refractivity contribution is -0.130. The molecule has 0 unspecified atom stereocenters. The van der Waals surface area contributed by atoms with E-state index >= 15 is 0 Å². The van der Waals surface area contributed by atoms with Crippen LogP contribution in [0.2, 0.25) is 20.1 Å². The molecule has 0 bridgehead atoms. The highest BCUT2D eigenvalue weighted by atomic mass is 35.5. The van der Waals surface area contributed by atoms with Crippen LogP contribution in [-0.4, -0.2) is 46.8 Å². The molecule has 6 nitrogen and oxygen atoms in total. The number of imidazole rings is 1. The Morgan fingerprint density at radius 2 is 1.74 bits per heavy atom. The first-order valence-electron chi connectivity index (χ1n) is 9.77. The smallest absolute Gasteiger partial charge is 0.257 e. The summed E-state index contributed by atoms with van der Waals surface area (Å²) in [6.07, 6.45) is 0.345. The van der Waals surface area contributed by atoms with Gasteiger partial charge < -0.3 is 9.30 Å². The van der Waals surface area contributed by atoms with Gasteiger partial charge in [-0.2, -0.15) is 0 Å². The monoisotopic (exact) mass is 500 g/mol. The maximum atomic E-state index is 13.1. The summed E-state index contributed by atoms with van der Waals surface area (Å²) >= 11 is 25.3. The molecular formula is C21H20Cl4N4O2. The summed E-state index contributed by atoms with van der Waals surface area (Å²) < 4.78 is 7.20. The van der Waals surface area contributed by atoms with Crippen LogP contribution in [-0.2, 0) is 16.0 Å². The normalized spacial score (nSPS) is 15.9. The summed E-state index contributed by atoms with van der Waals surface area (Å²) in [4.78, 5) is 17.8. The Bertz CT molecular complexity index is 1110. The molecule has 1 aromatic heterocycles. The second-order valence-electron chi connectivity index (χ2n) is 7.28. The highest BCUT2D eigenvalue weighted by Crippen LogP contribution is 2.33. The topological polar surface area (TPSA) is 59.4 Å². The lowest BCUT2D eigenvalue weighted by atomic mass is 10.1. The van der Waals surface area contributed by atoms with Gasteiger partial charge in [0.1, 0.15) is 11.9 Å². The molecule has 1 atom stereocenters. The van der Waals surface area contributed by atoms with Crippen molar-refractivity contribution in [3.63, 3.8) is 0 Å². The van der Waals surface area contributed by atoms with Gasteiger partial charge in [0.15, 0.2) is 0 Å². The summed E-state index contributed by atoms with van der Waals surface area (Å²) in [5.41, 5.74) is 5.05. The average Bonchev–Trinajstić information content (AvgIpc) is 3.08. The number of halogens is 4. The Labute approximate surface area is 199 Å². The SMILES string of the molecule is C[C@@H](C(=O)NN1CCOCC1)n1c(Cc2c(Cl)cccc2Cl)nc2cc(Cl)c(Cl)cc21. The molecule has 1 aliphatic heterocycles. The standard InChI is InChI=1S/C21H20Cl4N4O2/c1-12(21(30)27-28-5-7-31-8-6-28)29-19-11-17(25)16(24)10-18(19)26-20(29)9-13-14(22)3-2-4-15(13)23/h2-4,10-12H,5-9H2,1H3,(H,27,30)/t12-/m0/s1. The van der Waals surface area contributed by atoms with Gasteiger partial charge in [0, 0.05) is 29.6 Å². The Kier molecular flexibility index (Phi) is 6.96. The molecule has 4 rings (SSSR count). The van der Waals surface area contributed by atoms with E-state index in [-0.39, 0.29) is 5.91 Å². The fourth-order valence-corrected chi connectivity index (χ4v) is 4.45. The summed E-state index contributed by atoms with van der Waals surface area (Å²) in [5.74, 6) is 0.465. The number of carbonyl (C=O) groups is 1. The van der Waals surface area contributed by atoms with E-state index in [4.69, 9.17) is 56.1 Å². The van der Waals surface area contributed by atoms with E-state index < -0.39 is 6.04 Å². The van der Waals surface area contributed by atoms with Crippen molar-refractivity contribution in [2.45, 2.75) is 19.4 Å². The first-order valence-corrected chi connectivity index (χ1v) is 11.3. The minimum absolute atomic E-state index is 0.168.